The summed E-state index contributed by atoms with van der Waals surface area (Å²) in [5, 5.41) is 7.73. The topological polar surface area (TPSA) is 59.4 Å². The molecule has 1 aromatic carbocycles. The molecule has 1 aliphatic rings. The first-order valence-electron chi connectivity index (χ1n) is 9.52. The lowest BCUT2D eigenvalue weighted by Gasteiger charge is -2.41. The number of morpholine rings is 1. The van der Waals surface area contributed by atoms with Gasteiger partial charge in [-0.05, 0) is 40.2 Å². The SMILES string of the molecule is Cc1nn(Cc2ccccc2)c(C)c1CNC(=O)N1C[C@@H](C)OC(C)(C)C1. The van der Waals surface area contributed by atoms with E-state index in [1.54, 1.807) is 0 Å². The maximum absolute atomic E-state index is 12.7. The van der Waals surface area contributed by atoms with Gasteiger partial charge in [-0.1, -0.05) is 30.3 Å². The molecule has 6 heteroatoms. The van der Waals surface area contributed by atoms with Crippen LogP contribution in [-0.4, -0.2) is 45.5 Å². The van der Waals surface area contributed by atoms with Crippen molar-refractivity contribution in [1.29, 1.82) is 0 Å². The molecule has 27 heavy (non-hydrogen) atoms. The normalized spacial score (nSPS) is 19.1. The fraction of sp³-hybridized carbons (Fsp3) is 0.524. The van der Waals surface area contributed by atoms with Crippen LogP contribution in [0.4, 0.5) is 4.79 Å². The predicted molar refractivity (Wildman–Crippen MR) is 106 cm³/mol. The Morgan fingerprint density at radius 1 is 1.30 bits per heavy atom. The highest BCUT2D eigenvalue weighted by molar-refractivity contribution is 5.74. The molecule has 3 rings (SSSR count). The Kier molecular flexibility index (Phi) is 5.56. The predicted octanol–water partition coefficient (Wildman–Crippen LogP) is 3.26. The summed E-state index contributed by atoms with van der Waals surface area (Å²) >= 11 is 0. The highest BCUT2D eigenvalue weighted by Crippen LogP contribution is 2.21. The molecule has 146 valence electrons. The Morgan fingerprint density at radius 3 is 2.67 bits per heavy atom. The molecule has 1 aromatic heterocycles. The van der Waals surface area contributed by atoms with E-state index in [2.05, 4.69) is 29.5 Å². The smallest absolute Gasteiger partial charge is 0.317 e. The summed E-state index contributed by atoms with van der Waals surface area (Å²) < 4.78 is 7.89. The number of ether oxygens (including phenoxy) is 1. The van der Waals surface area contributed by atoms with E-state index in [0.717, 1.165) is 23.5 Å². The van der Waals surface area contributed by atoms with Gasteiger partial charge in [0.2, 0.25) is 0 Å². The molecule has 1 aliphatic heterocycles. The second-order valence-corrected chi connectivity index (χ2v) is 8.02. The van der Waals surface area contributed by atoms with Gasteiger partial charge in [0.15, 0.2) is 0 Å². The van der Waals surface area contributed by atoms with Crippen LogP contribution < -0.4 is 5.32 Å². The van der Waals surface area contributed by atoms with E-state index in [0.29, 0.717) is 19.6 Å². The molecule has 0 saturated carbocycles. The number of nitrogens with one attached hydrogen (secondary N) is 1. The van der Waals surface area contributed by atoms with Gasteiger partial charge in [-0.15, -0.1) is 0 Å². The molecule has 1 fully saturated rings. The molecule has 0 radical (unpaired) electrons. The number of benzene rings is 1. The lowest BCUT2D eigenvalue weighted by Crippen LogP contribution is -2.56. The van der Waals surface area contributed by atoms with Crippen LogP contribution in [0.15, 0.2) is 30.3 Å². The molecule has 6 nitrogen and oxygen atoms in total. The number of aryl methyl sites for hydroxylation is 1. The minimum absolute atomic E-state index is 0.0385. The number of nitrogens with zero attached hydrogens (tertiary/aromatic N) is 3. The average Bonchev–Trinajstić information content (AvgIpc) is 2.85. The molecular weight excluding hydrogens is 340 g/mol. The summed E-state index contributed by atoms with van der Waals surface area (Å²) in [6.07, 6.45) is 0.0385. The first-order valence-corrected chi connectivity index (χ1v) is 9.52. The molecular formula is C21H30N4O2. The maximum atomic E-state index is 12.7. The van der Waals surface area contributed by atoms with Crippen LogP contribution in [0.5, 0.6) is 0 Å². The maximum Gasteiger partial charge on any atom is 0.317 e. The van der Waals surface area contributed by atoms with Gasteiger partial charge in [-0.2, -0.15) is 5.10 Å². The van der Waals surface area contributed by atoms with Crippen LogP contribution in [0.25, 0.3) is 0 Å². The molecule has 1 saturated heterocycles. The van der Waals surface area contributed by atoms with E-state index in [1.165, 1.54) is 5.56 Å². The zero-order chi connectivity index (χ0) is 19.6. The Labute approximate surface area is 161 Å². The van der Waals surface area contributed by atoms with Crippen LogP contribution in [0, 0.1) is 13.8 Å². The van der Waals surface area contributed by atoms with Crippen molar-refractivity contribution in [1.82, 2.24) is 20.0 Å². The second kappa shape index (κ2) is 7.72. The van der Waals surface area contributed by atoms with E-state index in [-0.39, 0.29) is 17.7 Å². The third-order valence-corrected chi connectivity index (χ3v) is 4.98. The van der Waals surface area contributed by atoms with Crippen LogP contribution in [0.1, 0.15) is 43.3 Å². The van der Waals surface area contributed by atoms with Gasteiger partial charge in [0.1, 0.15) is 0 Å². The number of carbonyl (C=O) groups excluding carboxylic acids is 1. The molecule has 1 N–H and O–H groups in total. The average molecular weight is 370 g/mol. The van der Waals surface area contributed by atoms with Crippen molar-refractivity contribution in [2.45, 2.75) is 59.4 Å². The summed E-state index contributed by atoms with van der Waals surface area (Å²) in [6, 6.07) is 10.2. The number of aromatic nitrogens is 2. The van der Waals surface area contributed by atoms with E-state index in [9.17, 15) is 4.79 Å². The highest BCUT2D eigenvalue weighted by atomic mass is 16.5. The van der Waals surface area contributed by atoms with Gasteiger partial charge in [0.25, 0.3) is 0 Å². The summed E-state index contributed by atoms with van der Waals surface area (Å²) in [5.41, 5.74) is 4.02. The van der Waals surface area contributed by atoms with Gasteiger partial charge in [0, 0.05) is 24.3 Å². The van der Waals surface area contributed by atoms with Crippen molar-refractivity contribution in [3.63, 3.8) is 0 Å². The van der Waals surface area contributed by atoms with E-state index in [4.69, 9.17) is 4.74 Å². The van der Waals surface area contributed by atoms with Gasteiger partial charge >= 0.3 is 6.03 Å². The van der Waals surface area contributed by atoms with Gasteiger partial charge in [-0.25, -0.2) is 4.79 Å². The van der Waals surface area contributed by atoms with Crippen LogP contribution in [-0.2, 0) is 17.8 Å². The molecule has 2 amide bonds. The Bertz CT molecular complexity index is 798. The summed E-state index contributed by atoms with van der Waals surface area (Å²) in [4.78, 5) is 14.5. The fourth-order valence-electron chi connectivity index (χ4n) is 3.78. The lowest BCUT2D eigenvalue weighted by atomic mass is 10.1. The summed E-state index contributed by atoms with van der Waals surface area (Å²) in [7, 11) is 0. The molecule has 0 unspecified atom stereocenters. The fourth-order valence-corrected chi connectivity index (χ4v) is 3.78. The standard InChI is InChI=1S/C21H30N4O2/c1-15-12-24(14-21(4,5)27-15)20(26)22-11-19-16(2)23-25(17(19)3)13-18-9-7-6-8-10-18/h6-10,15H,11-14H2,1-5H3,(H,22,26)/t15-/m1/s1. The van der Waals surface area contributed by atoms with Crippen molar-refractivity contribution in [3.8, 4) is 0 Å². The number of carbonyl (C=O) groups is 1. The summed E-state index contributed by atoms with van der Waals surface area (Å²) in [6.45, 7) is 12.5. The van der Waals surface area contributed by atoms with Gasteiger partial charge in [0.05, 0.1) is 30.5 Å². The van der Waals surface area contributed by atoms with Crippen molar-refractivity contribution in [2.75, 3.05) is 13.1 Å². The number of hydrogen-bond acceptors (Lipinski definition) is 3. The molecule has 1 atom stereocenters. The monoisotopic (exact) mass is 370 g/mol. The number of rotatable bonds is 4. The van der Waals surface area contributed by atoms with Crippen molar-refractivity contribution in [2.24, 2.45) is 0 Å². The molecule has 2 aromatic rings. The number of urea groups is 1. The minimum atomic E-state index is -0.318. The van der Waals surface area contributed by atoms with Crippen molar-refractivity contribution < 1.29 is 9.53 Å². The van der Waals surface area contributed by atoms with Crippen LogP contribution in [0.2, 0.25) is 0 Å². The quantitative estimate of drug-likeness (QED) is 0.899. The molecule has 2 heterocycles. The van der Waals surface area contributed by atoms with Gasteiger partial charge in [-0.3, -0.25) is 4.68 Å². The molecule has 0 aliphatic carbocycles. The Morgan fingerprint density at radius 2 is 2.00 bits per heavy atom. The third-order valence-electron chi connectivity index (χ3n) is 4.98. The first-order chi connectivity index (χ1) is 12.7. The minimum Gasteiger partial charge on any atom is -0.369 e. The van der Waals surface area contributed by atoms with Crippen molar-refractivity contribution in [3.05, 3.63) is 52.8 Å². The van der Waals surface area contributed by atoms with Crippen LogP contribution >= 0.6 is 0 Å². The van der Waals surface area contributed by atoms with Gasteiger partial charge < -0.3 is 15.0 Å². The Balaban J connectivity index is 1.65. The second-order valence-electron chi connectivity index (χ2n) is 8.02. The molecule has 0 spiro atoms. The number of amides is 2. The zero-order valence-electron chi connectivity index (χ0n) is 17.0. The lowest BCUT2D eigenvalue weighted by molar-refractivity contribution is -0.117. The van der Waals surface area contributed by atoms with Crippen LogP contribution in [0.3, 0.4) is 0 Å². The highest BCUT2D eigenvalue weighted by Gasteiger charge is 2.33. The van der Waals surface area contributed by atoms with E-state index >= 15 is 0 Å². The van der Waals surface area contributed by atoms with E-state index in [1.807, 2.05) is 55.5 Å². The third kappa shape index (κ3) is 4.69. The van der Waals surface area contributed by atoms with E-state index < -0.39 is 0 Å². The summed E-state index contributed by atoms with van der Waals surface area (Å²) in [5.74, 6) is 0. The molecule has 0 bridgehead atoms. The largest absolute Gasteiger partial charge is 0.369 e. The Hall–Kier alpha value is -2.34. The number of hydrogen-bond donors (Lipinski definition) is 1. The van der Waals surface area contributed by atoms with Crippen molar-refractivity contribution >= 4 is 6.03 Å². The zero-order valence-corrected chi connectivity index (χ0v) is 17.0. The first kappa shape index (κ1) is 19.4.